The Morgan fingerprint density at radius 2 is 1.94 bits per heavy atom. The van der Waals surface area contributed by atoms with Gasteiger partial charge in [0, 0.05) is 12.1 Å². The van der Waals surface area contributed by atoms with E-state index in [1.165, 1.54) is 6.92 Å². The highest BCUT2D eigenvalue weighted by atomic mass is 19.1. The van der Waals surface area contributed by atoms with Crippen molar-refractivity contribution in [2.75, 3.05) is 6.54 Å². The van der Waals surface area contributed by atoms with Gasteiger partial charge in [-0.15, -0.1) is 0 Å². The predicted molar refractivity (Wildman–Crippen MR) is 63.1 cm³/mol. The molecular formula is C13H18FNO. The molecule has 0 aliphatic carbocycles. The van der Waals surface area contributed by atoms with E-state index in [1.807, 2.05) is 25.1 Å². The molecule has 0 saturated carbocycles. The maximum Gasteiger partial charge on any atom is 0.251 e. The fraction of sp³-hybridized carbons (Fsp3) is 0.462. The van der Waals surface area contributed by atoms with Gasteiger partial charge in [-0.2, -0.15) is 0 Å². The van der Waals surface area contributed by atoms with E-state index in [0.29, 0.717) is 18.5 Å². The normalized spacial score (nSPS) is 14.2. The van der Waals surface area contributed by atoms with Crippen molar-refractivity contribution in [1.29, 1.82) is 0 Å². The van der Waals surface area contributed by atoms with E-state index >= 15 is 0 Å². The van der Waals surface area contributed by atoms with Crippen molar-refractivity contribution in [3.05, 3.63) is 35.9 Å². The van der Waals surface area contributed by atoms with Gasteiger partial charge < -0.3 is 5.32 Å². The molecule has 1 amide bonds. The van der Waals surface area contributed by atoms with Crippen LogP contribution in [0.3, 0.4) is 0 Å². The maximum atomic E-state index is 12.7. The molecule has 16 heavy (non-hydrogen) atoms. The molecule has 0 heterocycles. The van der Waals surface area contributed by atoms with Crippen LogP contribution in [0.2, 0.25) is 0 Å². The van der Waals surface area contributed by atoms with Gasteiger partial charge in [0.2, 0.25) is 0 Å². The van der Waals surface area contributed by atoms with E-state index in [4.69, 9.17) is 0 Å². The molecule has 88 valence electrons. The maximum absolute atomic E-state index is 12.7. The summed E-state index contributed by atoms with van der Waals surface area (Å²) in [5, 5.41) is 2.80. The second kappa shape index (κ2) is 6.26. The van der Waals surface area contributed by atoms with Crippen LogP contribution < -0.4 is 5.32 Å². The largest absolute Gasteiger partial charge is 0.352 e. The average molecular weight is 223 g/mol. The summed E-state index contributed by atoms with van der Waals surface area (Å²) < 4.78 is 12.7. The molecule has 0 aliphatic rings. The quantitative estimate of drug-likeness (QED) is 0.817. The van der Waals surface area contributed by atoms with Crippen molar-refractivity contribution in [3.8, 4) is 0 Å². The Kier molecular flexibility index (Phi) is 4.96. The molecule has 0 bridgehead atoms. The monoisotopic (exact) mass is 223 g/mol. The van der Waals surface area contributed by atoms with Crippen LogP contribution in [-0.2, 0) is 0 Å². The topological polar surface area (TPSA) is 29.1 Å². The average Bonchev–Trinajstić information content (AvgIpc) is 2.26. The molecule has 0 saturated heterocycles. The van der Waals surface area contributed by atoms with Gasteiger partial charge >= 0.3 is 0 Å². The third kappa shape index (κ3) is 4.43. The summed E-state index contributed by atoms with van der Waals surface area (Å²) in [7, 11) is 0. The van der Waals surface area contributed by atoms with Gasteiger partial charge in [-0.25, -0.2) is 4.39 Å². The number of amides is 1. The van der Waals surface area contributed by atoms with Crippen LogP contribution in [0.5, 0.6) is 0 Å². The van der Waals surface area contributed by atoms with Crippen LogP contribution in [0.15, 0.2) is 30.3 Å². The zero-order chi connectivity index (χ0) is 12.0. The SMILES string of the molecule is CC(F)CC(C)CNC(=O)c1ccccc1. The summed E-state index contributed by atoms with van der Waals surface area (Å²) in [6.45, 7) is 3.98. The number of rotatable bonds is 5. The van der Waals surface area contributed by atoms with E-state index < -0.39 is 6.17 Å². The summed E-state index contributed by atoms with van der Waals surface area (Å²) >= 11 is 0. The number of hydrogen-bond donors (Lipinski definition) is 1. The highest BCUT2D eigenvalue weighted by molar-refractivity contribution is 5.94. The second-order valence-corrected chi connectivity index (χ2v) is 4.20. The number of alkyl halides is 1. The van der Waals surface area contributed by atoms with Crippen molar-refractivity contribution in [1.82, 2.24) is 5.32 Å². The number of nitrogens with one attached hydrogen (secondary N) is 1. The molecule has 0 radical (unpaired) electrons. The first-order valence-corrected chi connectivity index (χ1v) is 5.57. The van der Waals surface area contributed by atoms with E-state index in [-0.39, 0.29) is 11.8 Å². The number of hydrogen-bond acceptors (Lipinski definition) is 1. The molecule has 1 rings (SSSR count). The van der Waals surface area contributed by atoms with Crippen molar-refractivity contribution in [2.24, 2.45) is 5.92 Å². The van der Waals surface area contributed by atoms with Crippen molar-refractivity contribution in [3.63, 3.8) is 0 Å². The first kappa shape index (κ1) is 12.7. The highest BCUT2D eigenvalue weighted by Gasteiger charge is 2.09. The van der Waals surface area contributed by atoms with Gasteiger partial charge in [-0.3, -0.25) is 4.79 Å². The lowest BCUT2D eigenvalue weighted by atomic mass is 10.1. The Morgan fingerprint density at radius 3 is 2.50 bits per heavy atom. The lowest BCUT2D eigenvalue weighted by molar-refractivity contribution is 0.0945. The molecule has 1 aromatic carbocycles. The summed E-state index contributed by atoms with van der Waals surface area (Å²) in [6, 6.07) is 9.03. The molecule has 2 atom stereocenters. The summed E-state index contributed by atoms with van der Waals surface area (Å²) in [6.07, 6.45) is -0.335. The Morgan fingerprint density at radius 1 is 1.31 bits per heavy atom. The lowest BCUT2D eigenvalue weighted by Crippen LogP contribution is -2.29. The molecule has 0 aliphatic heterocycles. The third-order valence-corrected chi connectivity index (χ3v) is 2.37. The molecule has 1 N–H and O–H groups in total. The van der Waals surface area contributed by atoms with Crippen LogP contribution in [0, 0.1) is 5.92 Å². The summed E-state index contributed by atoms with van der Waals surface area (Å²) in [5.74, 6) is 0.0617. The van der Waals surface area contributed by atoms with E-state index in [0.717, 1.165) is 0 Å². The molecule has 0 fully saturated rings. The van der Waals surface area contributed by atoms with Crippen LogP contribution in [0.1, 0.15) is 30.6 Å². The smallest absolute Gasteiger partial charge is 0.251 e. The Balaban J connectivity index is 2.36. The predicted octanol–water partition coefficient (Wildman–Crippen LogP) is 2.80. The van der Waals surface area contributed by atoms with Crippen LogP contribution >= 0.6 is 0 Å². The number of benzene rings is 1. The van der Waals surface area contributed by atoms with Gasteiger partial charge in [-0.1, -0.05) is 25.1 Å². The van der Waals surface area contributed by atoms with Gasteiger partial charge in [0.1, 0.15) is 0 Å². The minimum Gasteiger partial charge on any atom is -0.352 e. The van der Waals surface area contributed by atoms with Crippen LogP contribution in [0.4, 0.5) is 4.39 Å². The molecule has 3 heteroatoms. The minimum absolute atomic E-state index is 0.0982. The first-order valence-electron chi connectivity index (χ1n) is 5.57. The van der Waals surface area contributed by atoms with Crippen molar-refractivity contribution >= 4 is 5.91 Å². The number of carbonyl (C=O) groups excluding carboxylic acids is 1. The Bertz CT molecular complexity index is 324. The van der Waals surface area contributed by atoms with Gasteiger partial charge in [0.05, 0.1) is 6.17 Å². The molecular weight excluding hydrogens is 205 g/mol. The molecule has 2 unspecified atom stereocenters. The summed E-state index contributed by atoms with van der Waals surface area (Å²) in [5.41, 5.74) is 0.642. The summed E-state index contributed by atoms with van der Waals surface area (Å²) in [4.78, 5) is 11.6. The zero-order valence-electron chi connectivity index (χ0n) is 9.74. The Hall–Kier alpha value is -1.38. The van der Waals surface area contributed by atoms with E-state index in [1.54, 1.807) is 12.1 Å². The highest BCUT2D eigenvalue weighted by Crippen LogP contribution is 2.07. The zero-order valence-corrected chi connectivity index (χ0v) is 9.74. The van der Waals surface area contributed by atoms with Crippen LogP contribution in [-0.4, -0.2) is 18.6 Å². The molecule has 2 nitrogen and oxygen atoms in total. The third-order valence-electron chi connectivity index (χ3n) is 2.37. The van der Waals surface area contributed by atoms with E-state index in [9.17, 15) is 9.18 Å². The number of halogens is 1. The Labute approximate surface area is 95.9 Å². The van der Waals surface area contributed by atoms with E-state index in [2.05, 4.69) is 5.32 Å². The molecule has 1 aromatic rings. The standard InChI is InChI=1S/C13H18FNO/c1-10(8-11(2)14)9-15-13(16)12-6-4-3-5-7-12/h3-7,10-11H,8-9H2,1-2H3,(H,15,16). The van der Waals surface area contributed by atoms with Gasteiger partial charge in [-0.05, 0) is 31.4 Å². The van der Waals surface area contributed by atoms with Crippen molar-refractivity contribution < 1.29 is 9.18 Å². The van der Waals surface area contributed by atoms with Crippen LogP contribution in [0.25, 0.3) is 0 Å². The fourth-order valence-corrected chi connectivity index (χ4v) is 1.60. The van der Waals surface area contributed by atoms with Gasteiger partial charge in [0.25, 0.3) is 5.91 Å². The fourth-order valence-electron chi connectivity index (χ4n) is 1.60. The van der Waals surface area contributed by atoms with Crippen molar-refractivity contribution in [2.45, 2.75) is 26.4 Å². The molecule has 0 aromatic heterocycles. The minimum atomic E-state index is -0.816. The second-order valence-electron chi connectivity index (χ2n) is 4.20. The number of carbonyl (C=O) groups is 1. The lowest BCUT2D eigenvalue weighted by Gasteiger charge is -2.13. The first-order chi connectivity index (χ1) is 7.59. The van der Waals surface area contributed by atoms with Gasteiger partial charge in [0.15, 0.2) is 0 Å². The molecule has 0 spiro atoms.